The molecule has 3 aromatic carbocycles. The van der Waals surface area contributed by atoms with Crippen molar-refractivity contribution in [2.75, 3.05) is 5.32 Å². The first-order valence-electron chi connectivity index (χ1n) is 9.80. The van der Waals surface area contributed by atoms with Crippen LogP contribution in [0.3, 0.4) is 0 Å². The number of aromatic nitrogens is 1. The fourth-order valence-corrected chi connectivity index (χ4v) is 3.30. The van der Waals surface area contributed by atoms with E-state index in [2.05, 4.69) is 43.4 Å². The third kappa shape index (κ3) is 4.49. The first-order chi connectivity index (χ1) is 14.1. The molecule has 1 amide bonds. The largest absolute Gasteiger partial charge is 0.457 e. The van der Waals surface area contributed by atoms with Gasteiger partial charge in [-0.15, -0.1) is 0 Å². The molecular weight excluding hydrogens is 360 g/mol. The third-order valence-electron chi connectivity index (χ3n) is 4.89. The molecule has 4 nitrogen and oxygen atoms in total. The van der Waals surface area contributed by atoms with E-state index in [4.69, 9.17) is 4.74 Å². The van der Waals surface area contributed by atoms with Crippen molar-refractivity contribution in [3.8, 4) is 11.5 Å². The van der Waals surface area contributed by atoms with Gasteiger partial charge in [0.2, 0.25) is 5.91 Å². The zero-order valence-electron chi connectivity index (χ0n) is 16.6. The predicted molar refractivity (Wildman–Crippen MR) is 118 cm³/mol. The first kappa shape index (κ1) is 18.8. The smallest absolute Gasteiger partial charge is 0.244 e. The summed E-state index contributed by atoms with van der Waals surface area (Å²) in [6.45, 7) is 4.64. The van der Waals surface area contributed by atoms with Crippen LogP contribution in [0.15, 0.2) is 85.1 Å². The zero-order valence-corrected chi connectivity index (χ0v) is 16.6. The van der Waals surface area contributed by atoms with E-state index in [0.29, 0.717) is 5.92 Å². The minimum absolute atomic E-state index is 0.0628. The maximum Gasteiger partial charge on any atom is 0.244 e. The number of rotatable bonds is 6. The molecule has 1 heterocycles. The van der Waals surface area contributed by atoms with Crippen LogP contribution in [-0.2, 0) is 11.3 Å². The molecule has 0 saturated carbocycles. The molecule has 146 valence electrons. The van der Waals surface area contributed by atoms with Gasteiger partial charge in [0.15, 0.2) is 0 Å². The summed E-state index contributed by atoms with van der Waals surface area (Å²) < 4.78 is 7.76. The van der Waals surface area contributed by atoms with Crippen LogP contribution in [0.2, 0.25) is 0 Å². The third-order valence-corrected chi connectivity index (χ3v) is 4.89. The van der Waals surface area contributed by atoms with Crippen molar-refractivity contribution in [3.05, 3.63) is 90.6 Å². The second-order valence-corrected chi connectivity index (χ2v) is 7.40. The number of ether oxygens (including phenoxy) is 1. The molecule has 0 saturated heterocycles. The quantitative estimate of drug-likeness (QED) is 0.430. The number of fused-ring (bicyclic) bond motifs is 1. The molecule has 0 aliphatic rings. The van der Waals surface area contributed by atoms with Crippen molar-refractivity contribution in [1.82, 2.24) is 4.57 Å². The highest BCUT2D eigenvalue weighted by Crippen LogP contribution is 2.24. The van der Waals surface area contributed by atoms with Gasteiger partial charge in [0, 0.05) is 17.4 Å². The van der Waals surface area contributed by atoms with Crippen LogP contribution in [0.1, 0.15) is 25.3 Å². The van der Waals surface area contributed by atoms with Gasteiger partial charge in [0.1, 0.15) is 18.0 Å². The minimum Gasteiger partial charge on any atom is -0.457 e. The first-order valence-corrected chi connectivity index (χ1v) is 9.80. The molecule has 4 heteroatoms. The van der Waals surface area contributed by atoms with Gasteiger partial charge in [0.25, 0.3) is 0 Å². The number of carbonyl (C=O) groups is 1. The van der Waals surface area contributed by atoms with E-state index in [-0.39, 0.29) is 12.5 Å². The molecule has 29 heavy (non-hydrogen) atoms. The Morgan fingerprint density at radius 2 is 1.66 bits per heavy atom. The summed E-state index contributed by atoms with van der Waals surface area (Å²) in [5, 5.41) is 4.11. The molecule has 1 N–H and O–H groups in total. The van der Waals surface area contributed by atoms with Crippen LogP contribution in [0.4, 0.5) is 5.69 Å². The highest BCUT2D eigenvalue weighted by molar-refractivity contribution is 5.92. The maximum atomic E-state index is 12.5. The molecular formula is C25H24N2O2. The van der Waals surface area contributed by atoms with Crippen LogP contribution in [-0.4, -0.2) is 10.5 Å². The summed E-state index contributed by atoms with van der Waals surface area (Å²) in [4.78, 5) is 12.5. The van der Waals surface area contributed by atoms with Crippen molar-refractivity contribution in [1.29, 1.82) is 0 Å². The van der Waals surface area contributed by atoms with Crippen molar-refractivity contribution >= 4 is 22.5 Å². The Morgan fingerprint density at radius 1 is 0.931 bits per heavy atom. The minimum atomic E-state index is -0.0628. The molecule has 1 aromatic heterocycles. The second-order valence-electron chi connectivity index (χ2n) is 7.40. The molecule has 0 aliphatic carbocycles. The monoisotopic (exact) mass is 384 g/mol. The van der Waals surface area contributed by atoms with Gasteiger partial charge in [-0.3, -0.25) is 4.79 Å². The summed E-state index contributed by atoms with van der Waals surface area (Å²) in [7, 11) is 0. The normalized spacial score (nSPS) is 11.0. The van der Waals surface area contributed by atoms with Crippen molar-refractivity contribution < 1.29 is 9.53 Å². The number of para-hydroxylation sites is 1. The van der Waals surface area contributed by atoms with Gasteiger partial charge < -0.3 is 14.6 Å². The van der Waals surface area contributed by atoms with Gasteiger partial charge >= 0.3 is 0 Å². The molecule has 0 fully saturated rings. The number of nitrogens with one attached hydrogen (secondary N) is 1. The average molecular weight is 384 g/mol. The zero-order chi connectivity index (χ0) is 20.2. The molecule has 0 unspecified atom stereocenters. The number of carbonyl (C=O) groups excluding carboxylic acids is 1. The Morgan fingerprint density at radius 3 is 2.38 bits per heavy atom. The lowest BCUT2D eigenvalue weighted by Gasteiger charge is -2.10. The predicted octanol–water partition coefficient (Wildman–Crippen LogP) is 6.20. The fourth-order valence-electron chi connectivity index (χ4n) is 3.30. The van der Waals surface area contributed by atoms with Gasteiger partial charge in [0.05, 0.1) is 0 Å². The molecule has 0 radical (unpaired) electrons. The fraction of sp³-hybridized carbons (Fsp3) is 0.160. The van der Waals surface area contributed by atoms with E-state index < -0.39 is 0 Å². The van der Waals surface area contributed by atoms with Crippen molar-refractivity contribution in [2.24, 2.45) is 0 Å². The second kappa shape index (κ2) is 8.23. The Kier molecular flexibility index (Phi) is 5.34. The van der Waals surface area contributed by atoms with E-state index in [0.717, 1.165) is 28.1 Å². The van der Waals surface area contributed by atoms with E-state index >= 15 is 0 Å². The number of benzene rings is 3. The van der Waals surface area contributed by atoms with E-state index in [9.17, 15) is 4.79 Å². The lowest BCUT2D eigenvalue weighted by atomic mass is 10.0. The van der Waals surface area contributed by atoms with E-state index in [1.54, 1.807) is 0 Å². The molecule has 4 aromatic rings. The lowest BCUT2D eigenvalue weighted by molar-refractivity contribution is -0.116. The Bertz CT molecular complexity index is 1110. The summed E-state index contributed by atoms with van der Waals surface area (Å²) >= 11 is 0. The maximum absolute atomic E-state index is 12.5. The molecule has 0 spiro atoms. The van der Waals surface area contributed by atoms with Crippen molar-refractivity contribution in [3.63, 3.8) is 0 Å². The van der Waals surface area contributed by atoms with E-state index in [1.165, 1.54) is 5.56 Å². The summed E-state index contributed by atoms with van der Waals surface area (Å²) in [6, 6.07) is 25.5. The standard InChI is InChI=1S/C25H24N2O2/c1-18(2)19-8-13-24-20(16-19)14-15-27(24)17-25(28)26-21-9-11-23(12-10-21)29-22-6-4-3-5-7-22/h3-16,18H,17H2,1-2H3,(H,26,28). The highest BCUT2D eigenvalue weighted by Gasteiger charge is 2.09. The number of nitrogens with zero attached hydrogens (tertiary/aromatic N) is 1. The topological polar surface area (TPSA) is 43.3 Å². The number of hydrogen-bond acceptors (Lipinski definition) is 2. The highest BCUT2D eigenvalue weighted by atomic mass is 16.5. The SMILES string of the molecule is CC(C)c1ccc2c(ccn2CC(=O)Nc2ccc(Oc3ccccc3)cc2)c1. The van der Waals surface area contributed by atoms with Gasteiger partial charge in [-0.25, -0.2) is 0 Å². The Hall–Kier alpha value is -3.53. The number of hydrogen-bond donors (Lipinski definition) is 1. The van der Waals surface area contributed by atoms with Gasteiger partial charge in [-0.05, 0) is 71.5 Å². The lowest BCUT2D eigenvalue weighted by Crippen LogP contribution is -2.18. The van der Waals surface area contributed by atoms with Crippen LogP contribution in [0.5, 0.6) is 11.5 Å². The molecule has 0 aliphatic heterocycles. The Labute approximate surface area is 170 Å². The van der Waals surface area contributed by atoms with E-state index in [1.807, 2.05) is 65.4 Å². The molecule has 0 bridgehead atoms. The van der Waals surface area contributed by atoms with Crippen LogP contribution in [0, 0.1) is 0 Å². The van der Waals surface area contributed by atoms with Gasteiger partial charge in [-0.2, -0.15) is 0 Å². The van der Waals surface area contributed by atoms with Crippen molar-refractivity contribution in [2.45, 2.75) is 26.3 Å². The van der Waals surface area contributed by atoms with Crippen LogP contribution < -0.4 is 10.1 Å². The van der Waals surface area contributed by atoms with Crippen LogP contribution >= 0.6 is 0 Å². The summed E-state index contributed by atoms with van der Waals surface area (Å²) in [6.07, 6.45) is 1.96. The summed E-state index contributed by atoms with van der Waals surface area (Å²) in [5.74, 6) is 1.93. The average Bonchev–Trinajstić information content (AvgIpc) is 3.12. The molecule has 0 atom stereocenters. The molecule has 4 rings (SSSR count). The number of amides is 1. The summed E-state index contributed by atoms with van der Waals surface area (Å²) in [5.41, 5.74) is 3.11. The van der Waals surface area contributed by atoms with Crippen LogP contribution in [0.25, 0.3) is 10.9 Å². The Balaban J connectivity index is 1.40. The van der Waals surface area contributed by atoms with Gasteiger partial charge in [-0.1, -0.05) is 38.1 Å². The number of anilines is 1.